The number of carbonyl (C=O) groups is 1. The minimum absolute atomic E-state index is 0.0471. The maximum atomic E-state index is 12.4. The molecule has 1 atom stereocenters. The third kappa shape index (κ3) is 4.25. The van der Waals surface area contributed by atoms with Crippen LogP contribution in [0.1, 0.15) is 46.0 Å². The summed E-state index contributed by atoms with van der Waals surface area (Å²) in [5.74, 6) is 0.212. The van der Waals surface area contributed by atoms with Gasteiger partial charge >= 0.3 is 0 Å². The molecule has 0 aliphatic carbocycles. The molecular formula is C14H28N2O2. The van der Waals surface area contributed by atoms with Crippen LogP contribution in [0, 0.1) is 5.41 Å². The number of piperidine rings is 1. The van der Waals surface area contributed by atoms with E-state index in [0.717, 1.165) is 45.2 Å². The fraction of sp³-hybridized carbons (Fsp3) is 0.929. The van der Waals surface area contributed by atoms with Crippen LogP contribution in [0.2, 0.25) is 0 Å². The van der Waals surface area contributed by atoms with Crippen molar-refractivity contribution in [3.05, 3.63) is 0 Å². The molecule has 1 heterocycles. The minimum Gasteiger partial charge on any atom is -0.396 e. The van der Waals surface area contributed by atoms with Crippen molar-refractivity contribution < 1.29 is 9.90 Å². The summed E-state index contributed by atoms with van der Waals surface area (Å²) in [4.78, 5) is 14.2. The fourth-order valence-electron chi connectivity index (χ4n) is 2.60. The molecule has 4 heteroatoms. The molecule has 0 aromatic carbocycles. The van der Waals surface area contributed by atoms with Crippen molar-refractivity contribution in [2.75, 3.05) is 26.7 Å². The Hall–Kier alpha value is -0.610. The lowest BCUT2D eigenvalue weighted by Gasteiger charge is -2.40. The molecule has 2 N–H and O–H groups in total. The van der Waals surface area contributed by atoms with Crippen LogP contribution in [0.3, 0.4) is 0 Å². The summed E-state index contributed by atoms with van der Waals surface area (Å²) in [5.41, 5.74) is 0.0503. The molecule has 0 saturated carbocycles. The number of amides is 1. The van der Waals surface area contributed by atoms with Crippen LogP contribution in [0.25, 0.3) is 0 Å². The number of unbranched alkanes of at least 4 members (excludes halogenated alkanes) is 2. The largest absolute Gasteiger partial charge is 0.396 e. The summed E-state index contributed by atoms with van der Waals surface area (Å²) < 4.78 is 0. The minimum atomic E-state index is -0.0471. The van der Waals surface area contributed by atoms with E-state index in [0.29, 0.717) is 0 Å². The summed E-state index contributed by atoms with van der Waals surface area (Å²) in [6.45, 7) is 6.31. The third-order valence-electron chi connectivity index (χ3n) is 3.90. The first-order valence-electron chi connectivity index (χ1n) is 7.08. The van der Waals surface area contributed by atoms with Crippen molar-refractivity contribution in [2.45, 2.75) is 52.0 Å². The van der Waals surface area contributed by atoms with E-state index in [-0.39, 0.29) is 24.0 Å². The van der Waals surface area contributed by atoms with Crippen LogP contribution >= 0.6 is 0 Å². The lowest BCUT2D eigenvalue weighted by Crippen LogP contribution is -2.55. The van der Waals surface area contributed by atoms with Crippen LogP contribution in [0.15, 0.2) is 0 Å². The lowest BCUT2D eigenvalue weighted by atomic mass is 9.77. The Kier molecular flexibility index (Phi) is 6.09. The van der Waals surface area contributed by atoms with Gasteiger partial charge in [0.25, 0.3) is 0 Å². The molecule has 0 aromatic heterocycles. The van der Waals surface area contributed by atoms with Crippen LogP contribution in [0.5, 0.6) is 0 Å². The maximum Gasteiger partial charge on any atom is 0.239 e. The van der Waals surface area contributed by atoms with Gasteiger partial charge in [0, 0.05) is 20.2 Å². The summed E-state index contributed by atoms with van der Waals surface area (Å²) in [6.07, 6.45) is 5.03. The standard InChI is InChI=1S/C14H28N2O2/c1-14(2)8-7-9-15-12(14)13(18)16(3)10-5-4-6-11-17/h12,15,17H,4-11H2,1-3H3. The number of aliphatic hydroxyl groups is 1. The van der Waals surface area contributed by atoms with E-state index in [4.69, 9.17) is 5.11 Å². The highest BCUT2D eigenvalue weighted by Crippen LogP contribution is 2.30. The van der Waals surface area contributed by atoms with Crippen LogP contribution in [0.4, 0.5) is 0 Å². The van der Waals surface area contributed by atoms with Crippen molar-refractivity contribution in [3.63, 3.8) is 0 Å². The predicted octanol–water partition coefficient (Wildman–Crippen LogP) is 1.39. The van der Waals surface area contributed by atoms with Gasteiger partial charge in [0.05, 0.1) is 6.04 Å². The highest BCUT2D eigenvalue weighted by Gasteiger charge is 2.38. The molecule has 1 aliphatic heterocycles. The van der Waals surface area contributed by atoms with Crippen LogP contribution < -0.4 is 5.32 Å². The number of hydrogen-bond acceptors (Lipinski definition) is 3. The van der Waals surface area contributed by atoms with Crippen LogP contribution in [-0.2, 0) is 4.79 Å². The van der Waals surface area contributed by atoms with Crippen molar-refractivity contribution in [1.29, 1.82) is 0 Å². The molecule has 1 rings (SSSR count). The number of rotatable bonds is 6. The smallest absolute Gasteiger partial charge is 0.239 e. The zero-order valence-electron chi connectivity index (χ0n) is 12.0. The number of nitrogens with one attached hydrogen (secondary N) is 1. The van der Waals surface area contributed by atoms with Gasteiger partial charge in [-0.1, -0.05) is 13.8 Å². The number of carbonyl (C=O) groups excluding carboxylic acids is 1. The highest BCUT2D eigenvalue weighted by molar-refractivity contribution is 5.82. The molecule has 0 aromatic rings. The SMILES string of the molecule is CN(CCCCCO)C(=O)C1NCCCC1(C)C. The summed E-state index contributed by atoms with van der Waals surface area (Å²) in [7, 11) is 1.88. The zero-order chi connectivity index (χ0) is 13.6. The Labute approximate surface area is 111 Å². The Balaban J connectivity index is 2.42. The normalized spacial score (nSPS) is 22.8. The van der Waals surface area contributed by atoms with Crippen molar-refractivity contribution in [2.24, 2.45) is 5.41 Å². The van der Waals surface area contributed by atoms with Gasteiger partial charge in [-0.25, -0.2) is 0 Å². The summed E-state index contributed by atoms with van der Waals surface area (Å²) >= 11 is 0. The molecule has 18 heavy (non-hydrogen) atoms. The average molecular weight is 256 g/mol. The third-order valence-corrected chi connectivity index (χ3v) is 3.90. The van der Waals surface area contributed by atoms with Gasteiger partial charge in [0.2, 0.25) is 5.91 Å². The Morgan fingerprint density at radius 2 is 2.11 bits per heavy atom. The summed E-state index contributed by atoms with van der Waals surface area (Å²) in [5, 5.41) is 12.1. The van der Waals surface area contributed by atoms with Crippen LogP contribution in [-0.4, -0.2) is 48.7 Å². The predicted molar refractivity (Wildman–Crippen MR) is 73.4 cm³/mol. The van der Waals surface area contributed by atoms with E-state index < -0.39 is 0 Å². The summed E-state index contributed by atoms with van der Waals surface area (Å²) in [6, 6.07) is -0.0471. The highest BCUT2D eigenvalue weighted by atomic mass is 16.2. The second kappa shape index (κ2) is 7.10. The molecular weight excluding hydrogens is 228 g/mol. The van der Waals surface area contributed by atoms with E-state index in [2.05, 4.69) is 19.2 Å². The molecule has 1 amide bonds. The van der Waals surface area contributed by atoms with Crippen molar-refractivity contribution in [3.8, 4) is 0 Å². The number of nitrogens with zero attached hydrogens (tertiary/aromatic N) is 1. The Morgan fingerprint density at radius 1 is 1.39 bits per heavy atom. The number of likely N-dealkylation sites (N-methyl/N-ethyl adjacent to an activating group) is 1. The molecule has 0 radical (unpaired) electrons. The van der Waals surface area contributed by atoms with Gasteiger partial charge in [-0.15, -0.1) is 0 Å². The van der Waals surface area contributed by atoms with Crippen molar-refractivity contribution >= 4 is 5.91 Å². The number of hydrogen-bond donors (Lipinski definition) is 2. The van der Waals surface area contributed by atoms with E-state index in [1.807, 2.05) is 11.9 Å². The van der Waals surface area contributed by atoms with Crippen molar-refractivity contribution in [1.82, 2.24) is 10.2 Å². The van der Waals surface area contributed by atoms with E-state index in [9.17, 15) is 4.79 Å². The van der Waals surface area contributed by atoms with Gasteiger partial charge in [-0.2, -0.15) is 0 Å². The second-order valence-corrected chi connectivity index (χ2v) is 6.02. The lowest BCUT2D eigenvalue weighted by molar-refractivity contribution is -0.136. The molecule has 106 valence electrons. The monoisotopic (exact) mass is 256 g/mol. The molecule has 0 spiro atoms. The van der Waals surface area contributed by atoms with Gasteiger partial charge in [-0.3, -0.25) is 4.79 Å². The molecule has 1 unspecified atom stereocenters. The van der Waals surface area contributed by atoms with E-state index >= 15 is 0 Å². The first kappa shape index (κ1) is 15.4. The Morgan fingerprint density at radius 3 is 2.72 bits per heavy atom. The zero-order valence-corrected chi connectivity index (χ0v) is 12.0. The van der Waals surface area contributed by atoms with E-state index in [1.54, 1.807) is 0 Å². The first-order valence-corrected chi connectivity index (χ1v) is 7.08. The molecule has 1 fully saturated rings. The first-order chi connectivity index (χ1) is 8.49. The second-order valence-electron chi connectivity index (χ2n) is 6.02. The quantitative estimate of drug-likeness (QED) is 0.706. The van der Waals surface area contributed by atoms with Gasteiger partial charge in [-0.05, 0) is 44.1 Å². The number of aliphatic hydroxyl groups excluding tert-OH is 1. The molecule has 1 aliphatic rings. The van der Waals surface area contributed by atoms with Gasteiger partial charge < -0.3 is 15.3 Å². The topological polar surface area (TPSA) is 52.6 Å². The fourth-order valence-corrected chi connectivity index (χ4v) is 2.60. The molecule has 1 saturated heterocycles. The van der Waals surface area contributed by atoms with Gasteiger partial charge in [0.15, 0.2) is 0 Å². The Bertz CT molecular complexity index is 267. The molecule has 4 nitrogen and oxygen atoms in total. The maximum absolute atomic E-state index is 12.4. The van der Waals surface area contributed by atoms with E-state index in [1.165, 1.54) is 0 Å². The molecule has 0 bridgehead atoms. The van der Waals surface area contributed by atoms with Gasteiger partial charge in [0.1, 0.15) is 0 Å². The average Bonchev–Trinajstić information content (AvgIpc) is 2.33.